The first-order valence-electron chi connectivity index (χ1n) is 6.97. The van der Waals surface area contributed by atoms with Crippen molar-refractivity contribution in [3.63, 3.8) is 0 Å². The molecule has 2 unspecified atom stereocenters. The van der Waals surface area contributed by atoms with E-state index in [4.69, 9.17) is 0 Å². The molecule has 2 rings (SSSR count). The lowest BCUT2D eigenvalue weighted by Crippen LogP contribution is -2.25. The minimum Gasteiger partial charge on any atom is -0.385 e. The van der Waals surface area contributed by atoms with E-state index in [-0.39, 0.29) is 5.82 Å². The predicted octanol–water partition coefficient (Wildman–Crippen LogP) is 3.79. The van der Waals surface area contributed by atoms with Gasteiger partial charge in [0.25, 0.3) is 0 Å². The van der Waals surface area contributed by atoms with Gasteiger partial charge < -0.3 is 5.11 Å². The predicted molar refractivity (Wildman–Crippen MR) is 69.6 cm³/mol. The minimum atomic E-state index is -0.877. The van der Waals surface area contributed by atoms with E-state index in [1.165, 1.54) is 31.5 Å². The highest BCUT2D eigenvalue weighted by atomic mass is 19.1. The third kappa shape index (κ3) is 3.08. The highest BCUT2D eigenvalue weighted by molar-refractivity contribution is 5.19. The molecule has 1 aliphatic rings. The third-order valence-corrected chi connectivity index (χ3v) is 4.11. The average Bonchev–Trinajstić information content (AvgIpc) is 2.54. The molecule has 100 valence electrons. The van der Waals surface area contributed by atoms with Gasteiger partial charge in [-0.1, -0.05) is 26.2 Å². The maximum absolute atomic E-state index is 13.2. The second kappa shape index (κ2) is 5.79. The van der Waals surface area contributed by atoms with Crippen LogP contribution in [0.4, 0.5) is 4.39 Å². The van der Waals surface area contributed by atoms with Crippen LogP contribution in [0.25, 0.3) is 0 Å². The van der Waals surface area contributed by atoms with Crippen molar-refractivity contribution in [2.75, 3.05) is 0 Å². The van der Waals surface area contributed by atoms with Gasteiger partial charge in [0.05, 0.1) is 11.8 Å². The summed E-state index contributed by atoms with van der Waals surface area (Å²) in [4.78, 5) is 3.86. The van der Waals surface area contributed by atoms with Gasteiger partial charge in [0.15, 0.2) is 0 Å². The molecule has 0 aliphatic heterocycles. The molecule has 1 aromatic heterocycles. The number of hydrogen-bond acceptors (Lipinski definition) is 2. The molecule has 1 saturated carbocycles. The zero-order valence-corrected chi connectivity index (χ0v) is 11.0. The fourth-order valence-electron chi connectivity index (χ4n) is 3.05. The van der Waals surface area contributed by atoms with E-state index in [0.717, 1.165) is 25.7 Å². The van der Waals surface area contributed by atoms with Crippen LogP contribution < -0.4 is 0 Å². The maximum atomic E-state index is 13.2. The zero-order valence-electron chi connectivity index (χ0n) is 11.0. The van der Waals surface area contributed by atoms with Gasteiger partial charge in [-0.2, -0.15) is 0 Å². The molecule has 0 amide bonds. The maximum Gasteiger partial charge on any atom is 0.141 e. The molecule has 1 N–H and O–H groups in total. The van der Waals surface area contributed by atoms with Crippen LogP contribution >= 0.6 is 0 Å². The van der Waals surface area contributed by atoms with E-state index in [1.54, 1.807) is 6.20 Å². The SMILES string of the molecule is CCCC1CCCC(O)(c2cncc(F)c2)CC1. The summed E-state index contributed by atoms with van der Waals surface area (Å²) in [5.41, 5.74) is -0.239. The smallest absolute Gasteiger partial charge is 0.141 e. The lowest BCUT2D eigenvalue weighted by molar-refractivity contribution is 0.0189. The first-order valence-corrected chi connectivity index (χ1v) is 6.97. The number of aliphatic hydroxyl groups is 1. The quantitative estimate of drug-likeness (QED) is 0.829. The van der Waals surface area contributed by atoms with E-state index in [0.29, 0.717) is 11.5 Å². The topological polar surface area (TPSA) is 33.1 Å². The summed E-state index contributed by atoms with van der Waals surface area (Å²) in [5.74, 6) is 0.348. The molecule has 2 nitrogen and oxygen atoms in total. The van der Waals surface area contributed by atoms with Gasteiger partial charge in [0.1, 0.15) is 5.82 Å². The molecule has 3 heteroatoms. The Bertz CT molecular complexity index is 396. The molecule has 0 saturated heterocycles. The largest absolute Gasteiger partial charge is 0.385 e. The van der Waals surface area contributed by atoms with E-state index < -0.39 is 5.60 Å². The molecule has 1 heterocycles. The summed E-state index contributed by atoms with van der Waals surface area (Å²) in [6.45, 7) is 2.20. The Labute approximate surface area is 108 Å². The molecule has 1 fully saturated rings. The first-order chi connectivity index (χ1) is 8.64. The monoisotopic (exact) mass is 251 g/mol. The number of aromatic nitrogens is 1. The Kier molecular flexibility index (Phi) is 4.33. The van der Waals surface area contributed by atoms with Crippen LogP contribution in [-0.2, 0) is 5.60 Å². The lowest BCUT2D eigenvalue weighted by Gasteiger charge is -2.27. The van der Waals surface area contributed by atoms with Crippen LogP contribution in [0.5, 0.6) is 0 Å². The van der Waals surface area contributed by atoms with Gasteiger partial charge in [-0.3, -0.25) is 4.98 Å². The third-order valence-electron chi connectivity index (χ3n) is 4.11. The normalized spacial score (nSPS) is 28.9. The molecule has 0 aromatic carbocycles. The van der Waals surface area contributed by atoms with E-state index >= 15 is 0 Å². The number of hydrogen-bond donors (Lipinski definition) is 1. The number of pyridine rings is 1. The second-order valence-electron chi connectivity index (χ2n) is 5.51. The average molecular weight is 251 g/mol. The minimum absolute atomic E-state index is 0.365. The number of rotatable bonds is 3. The highest BCUT2D eigenvalue weighted by Crippen LogP contribution is 2.38. The van der Waals surface area contributed by atoms with Gasteiger partial charge in [0, 0.05) is 11.8 Å². The fraction of sp³-hybridized carbons (Fsp3) is 0.667. The van der Waals surface area contributed by atoms with E-state index in [9.17, 15) is 9.50 Å². The molecular formula is C15H22FNO. The second-order valence-corrected chi connectivity index (χ2v) is 5.51. The first kappa shape index (κ1) is 13.5. The summed E-state index contributed by atoms with van der Waals surface area (Å²) in [7, 11) is 0. The fourth-order valence-corrected chi connectivity index (χ4v) is 3.05. The van der Waals surface area contributed by atoms with Gasteiger partial charge in [0.2, 0.25) is 0 Å². The molecule has 2 atom stereocenters. The van der Waals surface area contributed by atoms with Crippen molar-refractivity contribution >= 4 is 0 Å². The van der Waals surface area contributed by atoms with Crippen LogP contribution in [0.3, 0.4) is 0 Å². The Balaban J connectivity index is 2.11. The zero-order chi connectivity index (χ0) is 13.0. The molecule has 0 bridgehead atoms. The van der Waals surface area contributed by atoms with Crippen molar-refractivity contribution in [2.45, 2.75) is 57.5 Å². The Morgan fingerprint density at radius 2 is 2.22 bits per heavy atom. The summed E-state index contributed by atoms with van der Waals surface area (Å²) in [6, 6.07) is 1.42. The van der Waals surface area contributed by atoms with E-state index in [2.05, 4.69) is 11.9 Å². The molecule has 0 radical (unpaired) electrons. The summed E-state index contributed by atoms with van der Waals surface area (Å²) < 4.78 is 13.2. The van der Waals surface area contributed by atoms with Gasteiger partial charge in [-0.05, 0) is 37.7 Å². The Morgan fingerprint density at radius 3 is 2.94 bits per heavy atom. The van der Waals surface area contributed by atoms with Crippen molar-refractivity contribution in [1.29, 1.82) is 0 Å². The van der Waals surface area contributed by atoms with Gasteiger partial charge in [-0.25, -0.2) is 4.39 Å². The van der Waals surface area contributed by atoms with Crippen molar-refractivity contribution in [3.05, 3.63) is 29.8 Å². The molecule has 18 heavy (non-hydrogen) atoms. The standard InChI is InChI=1S/C15H22FNO/c1-2-4-12-5-3-7-15(18,8-6-12)13-9-14(16)11-17-10-13/h9-12,18H,2-8H2,1H3. The van der Waals surface area contributed by atoms with Crippen molar-refractivity contribution < 1.29 is 9.50 Å². The molecule has 0 spiro atoms. The highest BCUT2D eigenvalue weighted by Gasteiger charge is 2.32. The summed E-state index contributed by atoms with van der Waals surface area (Å²) >= 11 is 0. The molecular weight excluding hydrogens is 229 g/mol. The number of nitrogens with zero attached hydrogens (tertiary/aromatic N) is 1. The van der Waals surface area contributed by atoms with Crippen molar-refractivity contribution in [1.82, 2.24) is 4.98 Å². The van der Waals surface area contributed by atoms with Crippen LogP contribution in [0.1, 0.15) is 57.4 Å². The van der Waals surface area contributed by atoms with Crippen molar-refractivity contribution in [3.8, 4) is 0 Å². The van der Waals surface area contributed by atoms with Crippen LogP contribution in [0, 0.1) is 11.7 Å². The van der Waals surface area contributed by atoms with E-state index in [1.807, 2.05) is 0 Å². The Hall–Kier alpha value is -0.960. The number of halogens is 1. The van der Waals surface area contributed by atoms with Crippen LogP contribution in [0.15, 0.2) is 18.5 Å². The summed E-state index contributed by atoms with van der Waals surface area (Å²) in [6.07, 6.45) is 9.88. The van der Waals surface area contributed by atoms with Crippen LogP contribution in [0.2, 0.25) is 0 Å². The van der Waals surface area contributed by atoms with Gasteiger partial charge in [-0.15, -0.1) is 0 Å². The molecule has 1 aliphatic carbocycles. The molecule has 1 aromatic rings. The summed E-state index contributed by atoms with van der Waals surface area (Å²) in [5, 5.41) is 10.7. The lowest BCUT2D eigenvalue weighted by atomic mass is 9.87. The van der Waals surface area contributed by atoms with Crippen LogP contribution in [-0.4, -0.2) is 10.1 Å². The van der Waals surface area contributed by atoms with Crippen molar-refractivity contribution in [2.24, 2.45) is 5.92 Å². The Morgan fingerprint density at radius 1 is 1.39 bits per heavy atom. The van der Waals surface area contributed by atoms with Gasteiger partial charge >= 0.3 is 0 Å².